The number of ketones is 1. The van der Waals surface area contributed by atoms with Gasteiger partial charge in [-0.05, 0) is 19.1 Å². The number of aromatic nitrogens is 2. The first-order valence-electron chi connectivity index (χ1n) is 8.09. The summed E-state index contributed by atoms with van der Waals surface area (Å²) in [4.78, 5) is 12.5. The molecule has 0 bridgehead atoms. The third-order valence-electron chi connectivity index (χ3n) is 4.25. The number of hydrogen-bond donors (Lipinski definition) is 1. The molecular formula is C18H6F10MnN2O2. The summed E-state index contributed by atoms with van der Waals surface area (Å²) in [6.45, 7) is 0.909. The molecule has 1 heterocycles. The second kappa shape index (κ2) is 8.71. The van der Waals surface area contributed by atoms with Crippen LogP contribution in [-0.4, -0.2) is 20.7 Å². The monoisotopic (exact) mass is 527 g/mol. The van der Waals surface area contributed by atoms with E-state index in [4.69, 9.17) is 0 Å². The molecule has 177 valence electrons. The molecule has 1 aromatic heterocycles. The van der Waals surface area contributed by atoms with Gasteiger partial charge in [0.15, 0.2) is 23.3 Å². The maximum atomic E-state index is 14.0. The van der Waals surface area contributed by atoms with E-state index >= 15 is 0 Å². The van der Waals surface area contributed by atoms with Gasteiger partial charge in [0.25, 0.3) is 0 Å². The van der Waals surface area contributed by atoms with Gasteiger partial charge in [-0.3, -0.25) is 4.79 Å². The Hall–Kier alpha value is -3.06. The summed E-state index contributed by atoms with van der Waals surface area (Å²) in [5, 5.41) is 13.5. The molecule has 0 amide bonds. The molecule has 15 heteroatoms. The van der Waals surface area contributed by atoms with E-state index in [2.05, 4.69) is 5.10 Å². The summed E-state index contributed by atoms with van der Waals surface area (Å²) in [7, 11) is 0. The molecule has 0 saturated carbocycles. The smallest absolute Gasteiger partial charge is 0.422 e. The van der Waals surface area contributed by atoms with Crippen molar-refractivity contribution in [3.05, 3.63) is 75.2 Å². The fraction of sp³-hybridized carbons (Fsp3) is 0.111. The second-order valence-electron chi connectivity index (χ2n) is 6.26. The van der Waals surface area contributed by atoms with Crippen LogP contribution in [0, 0.1) is 47.6 Å². The molecule has 1 N–H and O–H groups in total. The van der Waals surface area contributed by atoms with Gasteiger partial charge in [0.2, 0.25) is 17.5 Å². The van der Waals surface area contributed by atoms with Crippen molar-refractivity contribution in [2.45, 2.75) is 13.1 Å². The summed E-state index contributed by atoms with van der Waals surface area (Å²) < 4.78 is 133. The van der Waals surface area contributed by atoms with Crippen LogP contribution in [0.1, 0.15) is 27.2 Å². The van der Waals surface area contributed by atoms with Gasteiger partial charge in [0.05, 0.1) is 5.69 Å². The molecule has 3 aromatic rings. The van der Waals surface area contributed by atoms with Gasteiger partial charge in [0.1, 0.15) is 28.4 Å². The van der Waals surface area contributed by atoms with E-state index in [0.717, 1.165) is 6.92 Å². The largest absolute Gasteiger partial charge is 0.493 e. The first kappa shape index (κ1) is 26.2. The topological polar surface area (TPSA) is 55.1 Å². The third kappa shape index (κ3) is 4.17. The van der Waals surface area contributed by atoms with Gasteiger partial charge >= 0.3 is 6.18 Å². The molecular weight excluding hydrogens is 521 g/mol. The van der Waals surface area contributed by atoms with E-state index in [0.29, 0.717) is 0 Å². The average molecular weight is 527 g/mol. The van der Waals surface area contributed by atoms with Crippen LogP contribution in [0.2, 0.25) is 0 Å². The van der Waals surface area contributed by atoms with Crippen LogP contribution in [0.15, 0.2) is 12.1 Å². The maximum absolute atomic E-state index is 14.0. The van der Waals surface area contributed by atoms with E-state index in [-0.39, 0.29) is 33.9 Å². The predicted octanol–water partition coefficient (Wildman–Crippen LogP) is 5.11. The van der Waals surface area contributed by atoms with Gasteiger partial charge in [-0.2, -0.15) is 23.0 Å². The zero-order valence-corrected chi connectivity index (χ0v) is 16.7. The molecule has 1 radical (unpaired) electrons. The van der Waals surface area contributed by atoms with E-state index in [1.165, 1.54) is 0 Å². The molecule has 0 aliphatic rings. The summed E-state index contributed by atoms with van der Waals surface area (Å²) in [5.74, 6) is -19.6. The van der Waals surface area contributed by atoms with E-state index in [1.54, 1.807) is 0 Å². The molecule has 2 aromatic carbocycles. The van der Waals surface area contributed by atoms with Crippen molar-refractivity contribution in [1.29, 1.82) is 0 Å². The van der Waals surface area contributed by atoms with Crippen molar-refractivity contribution in [3.63, 3.8) is 0 Å². The Morgan fingerprint density at radius 1 is 0.879 bits per heavy atom. The zero-order chi connectivity index (χ0) is 24.3. The minimum atomic E-state index is -5.44. The molecule has 0 aliphatic carbocycles. The number of hydrogen-bond acceptors (Lipinski definition) is 3. The number of nitrogens with zero attached hydrogens (tertiary/aromatic N) is 2. The Labute approximate surface area is 186 Å². The number of aryl methyl sites for hydroxylation is 1. The van der Waals surface area contributed by atoms with Crippen molar-refractivity contribution in [3.8, 4) is 11.6 Å². The molecule has 0 spiro atoms. The molecule has 3 rings (SSSR count). The SMILES string of the molecule is Cc1nn(-c2c(F)c(F)c(F)c(F)c2F)c(O)c1C(=O)c1cc(F)c(C(F)(F)F)c(F)c1.[Mn]. The molecule has 0 fully saturated rings. The Balaban J connectivity index is 0.00000385. The summed E-state index contributed by atoms with van der Waals surface area (Å²) >= 11 is 0. The van der Waals surface area contributed by atoms with E-state index in [9.17, 15) is 53.8 Å². The zero-order valence-electron chi connectivity index (χ0n) is 15.6. The normalized spacial score (nSPS) is 11.5. The van der Waals surface area contributed by atoms with Crippen LogP contribution >= 0.6 is 0 Å². The second-order valence-corrected chi connectivity index (χ2v) is 6.26. The van der Waals surface area contributed by atoms with Crippen LogP contribution in [0.5, 0.6) is 5.88 Å². The minimum Gasteiger partial charge on any atom is -0.493 e. The third-order valence-corrected chi connectivity index (χ3v) is 4.25. The van der Waals surface area contributed by atoms with Crippen LogP contribution in [-0.2, 0) is 23.2 Å². The van der Waals surface area contributed by atoms with Gasteiger partial charge in [-0.15, -0.1) is 0 Å². The first-order valence-corrected chi connectivity index (χ1v) is 8.09. The summed E-state index contributed by atoms with van der Waals surface area (Å²) in [6, 6.07) is -0.0221. The molecule has 0 aliphatic heterocycles. The van der Waals surface area contributed by atoms with Gasteiger partial charge in [-0.25, -0.2) is 30.7 Å². The number of carbonyl (C=O) groups excluding carboxylic acids is 1. The standard InChI is InChI=1S/C18H6F10N2O2.Mn/c1-4-8(16(31)5-2-6(19)9(7(20)3-5)18(26,27)28)17(32)30(29-4)15-13(24)11(22)10(21)12(23)14(15)25;/h2-3,32H,1H3;. The van der Waals surface area contributed by atoms with Crippen LogP contribution in [0.3, 0.4) is 0 Å². The number of halogens is 10. The van der Waals surface area contributed by atoms with Crippen molar-refractivity contribution in [1.82, 2.24) is 9.78 Å². The van der Waals surface area contributed by atoms with Crippen molar-refractivity contribution >= 4 is 5.78 Å². The predicted molar refractivity (Wildman–Crippen MR) is 84.5 cm³/mol. The maximum Gasteiger partial charge on any atom is 0.422 e. The number of aromatic hydroxyl groups is 1. The molecule has 0 atom stereocenters. The number of carbonyl (C=O) groups is 1. The first-order chi connectivity index (χ1) is 14.7. The van der Waals surface area contributed by atoms with E-state index in [1.807, 2.05) is 0 Å². The van der Waals surface area contributed by atoms with Crippen LogP contribution in [0.25, 0.3) is 5.69 Å². The van der Waals surface area contributed by atoms with Crippen molar-refractivity contribution in [2.75, 3.05) is 0 Å². The number of alkyl halides is 3. The minimum absolute atomic E-state index is 0. The van der Waals surface area contributed by atoms with Gasteiger partial charge in [-0.1, -0.05) is 0 Å². The molecule has 0 saturated heterocycles. The average Bonchev–Trinajstić information content (AvgIpc) is 2.96. The van der Waals surface area contributed by atoms with Crippen LogP contribution in [0.4, 0.5) is 43.9 Å². The molecule has 33 heavy (non-hydrogen) atoms. The Morgan fingerprint density at radius 3 is 1.73 bits per heavy atom. The van der Waals surface area contributed by atoms with Crippen molar-refractivity contribution in [2.24, 2.45) is 0 Å². The summed E-state index contributed by atoms with van der Waals surface area (Å²) in [6.07, 6.45) is -5.44. The molecule has 0 unspecified atom stereocenters. The summed E-state index contributed by atoms with van der Waals surface area (Å²) in [5.41, 5.74) is -6.77. The fourth-order valence-electron chi connectivity index (χ4n) is 2.84. The van der Waals surface area contributed by atoms with Gasteiger partial charge < -0.3 is 5.11 Å². The van der Waals surface area contributed by atoms with Crippen LogP contribution < -0.4 is 0 Å². The fourth-order valence-corrected chi connectivity index (χ4v) is 2.84. The quantitative estimate of drug-likeness (QED) is 0.170. The Morgan fingerprint density at radius 2 is 1.30 bits per heavy atom. The number of benzene rings is 2. The van der Waals surface area contributed by atoms with Gasteiger partial charge in [0, 0.05) is 22.6 Å². The Bertz CT molecular complexity index is 1230. The van der Waals surface area contributed by atoms with Crippen molar-refractivity contribution < 1.29 is 70.9 Å². The number of rotatable bonds is 3. The van der Waals surface area contributed by atoms with E-state index < -0.39 is 86.6 Å². The Kier molecular flexibility index (Phi) is 6.91. The molecule has 4 nitrogen and oxygen atoms in total.